The molecular formula is C38H58O17. The molecule has 6 bridgehead atoms. The zero-order valence-corrected chi connectivity index (χ0v) is 32.0. The molecule has 0 aromatic carbocycles. The zero-order valence-electron chi connectivity index (χ0n) is 32.0. The average molecular weight is 787 g/mol. The van der Waals surface area contributed by atoms with Crippen LogP contribution in [0.5, 0.6) is 0 Å². The summed E-state index contributed by atoms with van der Waals surface area (Å²) in [7, 11) is 0. The van der Waals surface area contributed by atoms with E-state index in [4.69, 9.17) is 28.4 Å². The van der Waals surface area contributed by atoms with Gasteiger partial charge in [0.2, 0.25) is 6.29 Å². The van der Waals surface area contributed by atoms with E-state index in [1.165, 1.54) is 6.92 Å². The largest absolute Gasteiger partial charge is 0.463 e. The first-order chi connectivity index (χ1) is 25.7. The number of carbonyl (C=O) groups excluding carboxylic acids is 3. The Morgan fingerprint density at radius 3 is 2.16 bits per heavy atom. The van der Waals surface area contributed by atoms with E-state index in [1.807, 2.05) is 13.8 Å². The highest BCUT2D eigenvalue weighted by molar-refractivity contribution is 5.90. The summed E-state index contributed by atoms with van der Waals surface area (Å²) in [6, 6.07) is 0. The van der Waals surface area contributed by atoms with Crippen molar-refractivity contribution in [2.24, 2.45) is 22.7 Å². The number of rotatable bonds is 3. The van der Waals surface area contributed by atoms with Crippen LogP contribution in [0.15, 0.2) is 23.3 Å². The second-order valence-corrected chi connectivity index (χ2v) is 16.7. The lowest BCUT2D eigenvalue weighted by molar-refractivity contribution is -0.326. The van der Waals surface area contributed by atoms with E-state index in [9.17, 15) is 55.2 Å². The Hall–Kier alpha value is -2.55. The molecular weight excluding hydrogens is 728 g/mol. The Morgan fingerprint density at radius 2 is 1.49 bits per heavy atom. The molecule has 0 spiro atoms. The molecule has 2 saturated heterocycles. The van der Waals surface area contributed by atoms with Gasteiger partial charge in [0.1, 0.15) is 62.0 Å². The van der Waals surface area contributed by atoms with Crippen LogP contribution < -0.4 is 0 Å². The molecule has 55 heavy (non-hydrogen) atoms. The number of hydrogen-bond donors (Lipinski definition) is 8. The molecule has 8 N–H and O–H groups in total. The number of cyclic esters (lactones) is 2. The molecule has 312 valence electrons. The first-order valence-electron chi connectivity index (χ1n) is 19.0. The number of aliphatic hydroxyl groups is 8. The van der Waals surface area contributed by atoms with Gasteiger partial charge in [0.05, 0.1) is 31.2 Å². The van der Waals surface area contributed by atoms with E-state index in [0.29, 0.717) is 36.8 Å². The summed E-state index contributed by atoms with van der Waals surface area (Å²) in [5.41, 5.74) is -2.52. The highest BCUT2D eigenvalue weighted by atomic mass is 16.7. The van der Waals surface area contributed by atoms with Crippen molar-refractivity contribution in [3.63, 3.8) is 0 Å². The van der Waals surface area contributed by atoms with Gasteiger partial charge in [0.25, 0.3) is 0 Å². The summed E-state index contributed by atoms with van der Waals surface area (Å²) in [5.74, 6) is -2.94. The normalized spacial score (nSPS) is 46.8. The molecule has 17 heteroatoms. The van der Waals surface area contributed by atoms with Crippen LogP contribution in [0.1, 0.15) is 79.6 Å². The highest BCUT2D eigenvalue weighted by Crippen LogP contribution is 2.63. The molecule has 17 nitrogen and oxygen atoms in total. The van der Waals surface area contributed by atoms with Crippen molar-refractivity contribution < 1.29 is 83.7 Å². The minimum Gasteiger partial charge on any atom is -0.463 e. The Bertz CT molecular complexity index is 1460. The minimum absolute atomic E-state index is 0.0576. The van der Waals surface area contributed by atoms with Crippen LogP contribution in [0.3, 0.4) is 0 Å². The van der Waals surface area contributed by atoms with Gasteiger partial charge in [-0.3, -0.25) is 9.59 Å². The van der Waals surface area contributed by atoms with Crippen molar-refractivity contribution in [3.8, 4) is 0 Å². The van der Waals surface area contributed by atoms with Gasteiger partial charge in [0.15, 0.2) is 6.29 Å². The van der Waals surface area contributed by atoms with Crippen LogP contribution in [0.4, 0.5) is 0 Å². The molecule has 1 saturated carbocycles. The zero-order chi connectivity index (χ0) is 40.6. The number of allylic oxidation sites excluding steroid dienone is 1. The molecule has 3 heterocycles. The number of esters is 3. The molecule has 5 rings (SSSR count). The van der Waals surface area contributed by atoms with E-state index in [1.54, 1.807) is 19.1 Å². The number of hydrogen-bond acceptors (Lipinski definition) is 17. The van der Waals surface area contributed by atoms with Gasteiger partial charge in [-0.15, -0.1) is 0 Å². The standard InChI is InChI=1S/C38H58O17/c1-18-10-12-50-25(40)14-36(3,49)15-26(41)51-17-22-28(43)30(45)32(47)35(53-22)55-33(48)20-7-6-8-23-37(20,4)11-9-19(2)38(23,5)24(13-18)54-34-31(46)29(44)27(42)21(16-39)52-34/h7,10,19,21-24,27-32,34-35,39,42-47,49H,6,8-9,11-17H2,1-5H3. The molecule has 3 aliphatic heterocycles. The molecule has 0 amide bonds. The van der Waals surface area contributed by atoms with E-state index in [0.717, 1.165) is 0 Å². The number of aliphatic hydroxyl groups excluding tert-OH is 7. The Balaban J connectivity index is 1.53. The van der Waals surface area contributed by atoms with Crippen LogP contribution in [0, 0.1) is 22.7 Å². The van der Waals surface area contributed by atoms with Gasteiger partial charge >= 0.3 is 17.9 Å². The second kappa shape index (κ2) is 17.1. The van der Waals surface area contributed by atoms with Crippen LogP contribution in [0.25, 0.3) is 0 Å². The highest BCUT2D eigenvalue weighted by Gasteiger charge is 2.60. The predicted octanol–water partition coefficient (Wildman–Crippen LogP) is -0.731. The smallest absolute Gasteiger partial charge is 0.336 e. The van der Waals surface area contributed by atoms with Gasteiger partial charge in [-0.05, 0) is 63.9 Å². The summed E-state index contributed by atoms with van der Waals surface area (Å²) >= 11 is 0. The Labute approximate surface area is 319 Å². The quantitative estimate of drug-likeness (QED) is 0.0995. The number of fused-ring (bicyclic) bond motifs is 2. The maximum atomic E-state index is 14.1. The second-order valence-electron chi connectivity index (χ2n) is 16.7. The lowest BCUT2D eigenvalue weighted by atomic mass is 9.46. The maximum Gasteiger partial charge on any atom is 0.336 e. The third-order valence-electron chi connectivity index (χ3n) is 12.7. The van der Waals surface area contributed by atoms with Crippen molar-refractivity contribution in [3.05, 3.63) is 23.3 Å². The SMILES string of the molecule is CC1=CCOC(=O)CC(C)(O)CC(=O)OCC2OC(OC(=O)C3=CCCC4C3(C)CCC(C)C4(C)C(OC3OC(CO)C(O)C(O)C3O)C1)C(O)C(O)C2O. The molecule has 16 unspecified atom stereocenters. The summed E-state index contributed by atoms with van der Waals surface area (Å²) in [5, 5.41) is 84.9. The Morgan fingerprint density at radius 1 is 0.836 bits per heavy atom. The average Bonchev–Trinajstić information content (AvgIpc) is 3.11. The predicted molar refractivity (Wildman–Crippen MR) is 187 cm³/mol. The molecule has 0 aromatic rings. The van der Waals surface area contributed by atoms with Gasteiger partial charge in [0, 0.05) is 16.4 Å². The van der Waals surface area contributed by atoms with Gasteiger partial charge in [-0.2, -0.15) is 0 Å². The fraction of sp³-hybridized carbons (Fsp3) is 0.816. The molecule has 16 atom stereocenters. The van der Waals surface area contributed by atoms with Crippen molar-refractivity contribution in [1.82, 2.24) is 0 Å². The lowest BCUT2D eigenvalue weighted by Crippen LogP contribution is -2.62. The fourth-order valence-corrected chi connectivity index (χ4v) is 9.16. The number of ether oxygens (including phenoxy) is 6. The van der Waals surface area contributed by atoms with E-state index in [2.05, 4.69) is 6.92 Å². The molecule has 3 fully saturated rings. The lowest BCUT2D eigenvalue weighted by Gasteiger charge is -2.60. The van der Waals surface area contributed by atoms with E-state index >= 15 is 0 Å². The van der Waals surface area contributed by atoms with Crippen molar-refractivity contribution in [2.45, 2.75) is 153 Å². The summed E-state index contributed by atoms with van der Waals surface area (Å²) < 4.78 is 34.4. The van der Waals surface area contributed by atoms with Crippen LogP contribution in [-0.2, 0) is 42.8 Å². The molecule has 5 aliphatic rings. The van der Waals surface area contributed by atoms with Gasteiger partial charge in [-0.1, -0.05) is 32.4 Å². The monoisotopic (exact) mass is 786 g/mol. The van der Waals surface area contributed by atoms with Gasteiger partial charge in [-0.25, -0.2) is 4.79 Å². The first kappa shape index (κ1) is 43.6. The maximum absolute atomic E-state index is 14.1. The summed E-state index contributed by atoms with van der Waals surface area (Å²) in [4.78, 5) is 39.6. The third-order valence-corrected chi connectivity index (χ3v) is 12.7. The van der Waals surface area contributed by atoms with Gasteiger partial charge < -0.3 is 69.3 Å². The van der Waals surface area contributed by atoms with Crippen LogP contribution in [-0.4, -0.2) is 152 Å². The molecule has 0 radical (unpaired) electrons. The van der Waals surface area contributed by atoms with Crippen molar-refractivity contribution in [1.29, 1.82) is 0 Å². The summed E-state index contributed by atoms with van der Waals surface area (Å²) in [6.45, 7) is 7.55. The third kappa shape index (κ3) is 8.97. The van der Waals surface area contributed by atoms with E-state index < -0.39 is 128 Å². The molecule has 2 aliphatic carbocycles. The molecule has 0 aromatic heterocycles. The van der Waals surface area contributed by atoms with Crippen LogP contribution >= 0.6 is 0 Å². The topological polar surface area (TPSA) is 268 Å². The van der Waals surface area contributed by atoms with E-state index in [-0.39, 0.29) is 24.9 Å². The van der Waals surface area contributed by atoms with Crippen molar-refractivity contribution in [2.75, 3.05) is 19.8 Å². The summed E-state index contributed by atoms with van der Waals surface area (Å²) in [6.07, 6.45) is -12.5. The Kier molecular flexibility index (Phi) is 13.6. The fourth-order valence-electron chi connectivity index (χ4n) is 9.16. The first-order valence-corrected chi connectivity index (χ1v) is 19.0. The minimum atomic E-state index is -1.89. The van der Waals surface area contributed by atoms with Crippen LogP contribution in [0.2, 0.25) is 0 Å². The number of carbonyl (C=O) groups is 3. The van der Waals surface area contributed by atoms with Crippen molar-refractivity contribution >= 4 is 17.9 Å².